The van der Waals surface area contributed by atoms with Gasteiger partial charge in [0.1, 0.15) is 22.1 Å². The quantitative estimate of drug-likeness (QED) is 0.147. The van der Waals surface area contributed by atoms with E-state index in [1.807, 2.05) is 0 Å². The molecule has 56 heavy (non-hydrogen) atoms. The van der Waals surface area contributed by atoms with E-state index in [9.17, 15) is 46.1 Å². The molecule has 1 aromatic carbocycles. The zero-order valence-corrected chi connectivity index (χ0v) is 31.7. The summed E-state index contributed by atoms with van der Waals surface area (Å²) in [6.07, 6.45) is -5.24. The van der Waals surface area contributed by atoms with Crippen LogP contribution in [0, 0.1) is 5.92 Å². The number of amides is 2. The minimum atomic E-state index is -4.91. The van der Waals surface area contributed by atoms with Gasteiger partial charge in [-0.3, -0.25) is 14.6 Å². The molecule has 16 heteroatoms. The van der Waals surface area contributed by atoms with E-state index in [4.69, 9.17) is 9.47 Å². The molecule has 0 radical (unpaired) electrons. The average molecular weight is 810 g/mol. The number of rotatable bonds is 11. The summed E-state index contributed by atoms with van der Waals surface area (Å²) in [6.45, 7) is 5.31. The third-order valence-corrected chi connectivity index (χ3v) is 12.0. The molecule has 2 amide bonds. The number of alkyl halides is 6. The lowest BCUT2D eigenvalue weighted by Crippen LogP contribution is -2.68. The Morgan fingerprint density at radius 1 is 1.02 bits per heavy atom. The minimum Gasteiger partial charge on any atom is -0.513 e. The molecule has 3 fully saturated rings. The summed E-state index contributed by atoms with van der Waals surface area (Å²) in [7, 11) is 0. The standard InChI is InChI=1S/C40H45F6N3O6S/c1-3-8-32-38(55-28-23-33(56-24-28)40(44,45)46,14-7-18-49(32)35(51)34-30(39(41,42)43)10-6-17-47-34)36(52)48-19-15-37(53,16-20-48)29-9-4-5-11-31(29)54-27-13-12-26(22-27)21-25(2)50/h4-6,9-11,17,23-24,26-27,32,50,53H,2-3,7-8,12-16,18-22H2,1H3/t26-,27+,32+,38-/m0/s1. The lowest BCUT2D eigenvalue weighted by molar-refractivity contribution is -0.163. The number of hydrogen-bond acceptors (Lipinski definition) is 8. The largest absolute Gasteiger partial charge is 0.513 e. The summed E-state index contributed by atoms with van der Waals surface area (Å²) in [4.78, 5) is 34.5. The highest BCUT2D eigenvalue weighted by atomic mass is 32.1. The number of hydrogen-bond donors (Lipinski definition) is 2. The van der Waals surface area contributed by atoms with Gasteiger partial charge in [0.25, 0.3) is 11.8 Å². The summed E-state index contributed by atoms with van der Waals surface area (Å²) >= 11 is 0.376. The Morgan fingerprint density at radius 2 is 1.75 bits per heavy atom. The van der Waals surface area contributed by atoms with Gasteiger partial charge in [0.05, 0.1) is 29.1 Å². The Labute approximate surface area is 324 Å². The average Bonchev–Trinajstić information content (AvgIpc) is 3.81. The van der Waals surface area contributed by atoms with Gasteiger partial charge >= 0.3 is 12.4 Å². The molecule has 0 spiro atoms. The van der Waals surface area contributed by atoms with Gasteiger partial charge in [-0.05, 0) is 69.1 Å². The van der Waals surface area contributed by atoms with Crippen LogP contribution in [0.15, 0.2) is 66.4 Å². The summed E-state index contributed by atoms with van der Waals surface area (Å²) in [5, 5.41) is 22.9. The van der Waals surface area contributed by atoms with Crippen LogP contribution in [0.2, 0.25) is 0 Å². The zero-order chi connectivity index (χ0) is 40.5. The van der Waals surface area contributed by atoms with E-state index in [2.05, 4.69) is 11.6 Å². The highest BCUT2D eigenvalue weighted by Crippen LogP contribution is 2.45. The highest BCUT2D eigenvalue weighted by Gasteiger charge is 2.57. The number of carbonyl (C=O) groups excluding carboxylic acids is 2. The molecular formula is C40H45F6N3O6S. The summed E-state index contributed by atoms with van der Waals surface area (Å²) in [5.74, 6) is -1.12. The fourth-order valence-electron chi connectivity index (χ4n) is 8.48. The van der Waals surface area contributed by atoms with Crippen LogP contribution in [0.4, 0.5) is 26.3 Å². The predicted molar refractivity (Wildman–Crippen MR) is 195 cm³/mol. The van der Waals surface area contributed by atoms with E-state index in [1.165, 1.54) is 4.90 Å². The first-order valence-corrected chi connectivity index (χ1v) is 19.7. The van der Waals surface area contributed by atoms with E-state index < -0.39 is 57.5 Å². The van der Waals surface area contributed by atoms with E-state index in [1.54, 1.807) is 31.2 Å². The van der Waals surface area contributed by atoms with Crippen molar-refractivity contribution in [3.05, 3.63) is 88.1 Å². The van der Waals surface area contributed by atoms with Crippen LogP contribution in [0.5, 0.6) is 11.5 Å². The molecule has 3 aliphatic rings. The van der Waals surface area contributed by atoms with Crippen LogP contribution in [0.25, 0.3) is 0 Å². The first kappa shape index (κ1) is 41.3. The number of thiophene rings is 1. The zero-order valence-electron chi connectivity index (χ0n) is 30.9. The second kappa shape index (κ2) is 16.3. The van der Waals surface area contributed by atoms with Gasteiger partial charge in [-0.1, -0.05) is 38.1 Å². The van der Waals surface area contributed by atoms with Crippen LogP contribution >= 0.6 is 11.3 Å². The predicted octanol–water partition coefficient (Wildman–Crippen LogP) is 8.92. The Morgan fingerprint density at radius 3 is 2.41 bits per heavy atom. The Balaban J connectivity index is 1.30. The van der Waals surface area contributed by atoms with Crippen molar-refractivity contribution in [1.29, 1.82) is 0 Å². The number of aliphatic hydroxyl groups is 2. The maximum atomic E-state index is 15.0. The summed E-state index contributed by atoms with van der Waals surface area (Å²) in [5.41, 5.74) is -4.95. The molecule has 0 bridgehead atoms. The van der Waals surface area contributed by atoms with E-state index >= 15 is 0 Å². The first-order chi connectivity index (χ1) is 26.4. The van der Waals surface area contributed by atoms with Gasteiger partial charge in [-0.15, -0.1) is 11.3 Å². The SMILES string of the molecule is C=C(O)C[C@@H]1CC[C@@H](Oc2ccccc2C2(O)CCN(C(=O)[C@]3(Oc4csc(C(F)(F)F)c4)CCCN(C(=O)c4ncccc4C(F)(F)F)[C@@H]3CCC)CC2)C1. The Bertz CT molecular complexity index is 1890. The molecular weight excluding hydrogens is 765 g/mol. The minimum absolute atomic E-state index is 0.00157. The van der Waals surface area contributed by atoms with Crippen molar-refractivity contribution in [2.75, 3.05) is 19.6 Å². The fourth-order valence-corrected chi connectivity index (χ4v) is 9.16. The van der Waals surface area contributed by atoms with Crippen molar-refractivity contribution >= 4 is 23.2 Å². The van der Waals surface area contributed by atoms with Crippen LogP contribution in [0.3, 0.4) is 0 Å². The number of carbonyl (C=O) groups is 2. The van der Waals surface area contributed by atoms with Gasteiger partial charge in [0.2, 0.25) is 5.60 Å². The molecule has 6 rings (SSSR count). The van der Waals surface area contributed by atoms with Crippen molar-refractivity contribution in [2.24, 2.45) is 5.92 Å². The van der Waals surface area contributed by atoms with E-state index in [0.717, 1.165) is 47.5 Å². The molecule has 304 valence electrons. The van der Waals surface area contributed by atoms with Crippen molar-refractivity contribution in [2.45, 2.75) is 107 Å². The number of nitrogens with zero attached hydrogens (tertiary/aromatic N) is 3. The molecule has 2 aromatic heterocycles. The number of benzene rings is 1. The van der Waals surface area contributed by atoms with Crippen LogP contribution in [0.1, 0.15) is 97.6 Å². The second-order valence-electron chi connectivity index (χ2n) is 14.9. The molecule has 0 unspecified atom stereocenters. The number of allylic oxidation sites excluding steroid dienone is 1. The van der Waals surface area contributed by atoms with Gasteiger partial charge in [-0.2, -0.15) is 26.3 Å². The molecule has 1 aliphatic carbocycles. The first-order valence-electron chi connectivity index (χ1n) is 18.8. The molecule has 3 aromatic rings. The molecule has 9 nitrogen and oxygen atoms in total. The van der Waals surface area contributed by atoms with Gasteiger partial charge in [0, 0.05) is 55.7 Å². The normalized spacial score (nSPS) is 24.2. The van der Waals surface area contributed by atoms with E-state index in [0.29, 0.717) is 41.9 Å². The topological polar surface area (TPSA) is 112 Å². The highest BCUT2D eigenvalue weighted by molar-refractivity contribution is 7.10. The summed E-state index contributed by atoms with van der Waals surface area (Å²) in [6, 6.07) is 8.53. The number of piperidine rings is 2. The van der Waals surface area contributed by atoms with Gasteiger partial charge in [-0.25, -0.2) is 0 Å². The van der Waals surface area contributed by atoms with Crippen molar-refractivity contribution in [3.63, 3.8) is 0 Å². The summed E-state index contributed by atoms with van der Waals surface area (Å²) < 4.78 is 96.1. The van der Waals surface area contributed by atoms with Crippen molar-refractivity contribution < 1.29 is 55.6 Å². The number of ether oxygens (including phenoxy) is 2. The lowest BCUT2D eigenvalue weighted by Gasteiger charge is -2.51. The Hall–Kier alpha value is -4.31. The number of likely N-dealkylation sites (tertiary alicyclic amines) is 2. The number of para-hydroxylation sites is 1. The molecule has 2 saturated heterocycles. The van der Waals surface area contributed by atoms with Gasteiger partial charge in [0.15, 0.2) is 0 Å². The molecule has 4 heterocycles. The third-order valence-electron chi connectivity index (χ3n) is 11.1. The van der Waals surface area contributed by atoms with Crippen molar-refractivity contribution in [1.82, 2.24) is 14.8 Å². The molecule has 2 N–H and O–H groups in total. The monoisotopic (exact) mass is 809 g/mol. The molecule has 4 atom stereocenters. The lowest BCUT2D eigenvalue weighted by atomic mass is 9.78. The third kappa shape index (κ3) is 8.65. The van der Waals surface area contributed by atoms with Crippen LogP contribution in [-0.2, 0) is 22.7 Å². The maximum absolute atomic E-state index is 15.0. The maximum Gasteiger partial charge on any atom is 0.425 e. The smallest absolute Gasteiger partial charge is 0.425 e. The number of halogens is 6. The van der Waals surface area contributed by atoms with Crippen LogP contribution in [-0.4, -0.2) is 74.2 Å². The number of pyridine rings is 1. The molecule has 1 saturated carbocycles. The number of aromatic nitrogens is 1. The van der Waals surface area contributed by atoms with Crippen LogP contribution < -0.4 is 9.47 Å². The Kier molecular flexibility index (Phi) is 12.0. The number of aliphatic hydroxyl groups excluding tert-OH is 1. The second-order valence-corrected chi connectivity index (χ2v) is 15.9. The fraction of sp³-hybridized carbons (Fsp3) is 0.525. The van der Waals surface area contributed by atoms with Gasteiger partial charge < -0.3 is 29.5 Å². The van der Waals surface area contributed by atoms with Crippen molar-refractivity contribution in [3.8, 4) is 11.5 Å². The van der Waals surface area contributed by atoms with E-state index in [-0.39, 0.29) is 75.3 Å². The molecule has 2 aliphatic heterocycles.